The molecule has 2 rings (SSSR count). The van der Waals surface area contributed by atoms with Crippen LogP contribution in [0.5, 0.6) is 11.5 Å². The van der Waals surface area contributed by atoms with Gasteiger partial charge in [0.1, 0.15) is 5.78 Å². The second-order valence-corrected chi connectivity index (χ2v) is 4.72. The van der Waals surface area contributed by atoms with Crippen LogP contribution in [0.1, 0.15) is 18.1 Å². The first-order valence-electron chi connectivity index (χ1n) is 6.01. The summed E-state index contributed by atoms with van der Waals surface area (Å²) < 4.78 is 10.6. The fourth-order valence-corrected chi connectivity index (χ4v) is 2.50. The molecule has 18 heavy (non-hydrogen) atoms. The average Bonchev–Trinajstić information content (AvgIpc) is 2.36. The maximum Gasteiger partial charge on any atom is 0.161 e. The molecule has 0 saturated carbocycles. The van der Waals surface area contributed by atoms with E-state index in [1.165, 1.54) is 11.1 Å². The SMILES string of the molecule is COc1cc2c(cc1OC)CN(C)C(C(C)=O)C2. The van der Waals surface area contributed by atoms with E-state index < -0.39 is 0 Å². The number of benzene rings is 1. The van der Waals surface area contributed by atoms with E-state index in [1.54, 1.807) is 21.1 Å². The van der Waals surface area contributed by atoms with E-state index in [0.717, 1.165) is 24.5 Å². The molecule has 0 saturated heterocycles. The number of rotatable bonds is 3. The lowest BCUT2D eigenvalue weighted by atomic mass is 9.92. The average molecular weight is 249 g/mol. The summed E-state index contributed by atoms with van der Waals surface area (Å²) >= 11 is 0. The largest absolute Gasteiger partial charge is 0.493 e. The van der Waals surface area contributed by atoms with Crippen LogP contribution in [0.25, 0.3) is 0 Å². The van der Waals surface area contributed by atoms with Gasteiger partial charge in [-0.2, -0.15) is 0 Å². The first-order valence-corrected chi connectivity index (χ1v) is 6.01. The molecule has 0 N–H and O–H groups in total. The lowest BCUT2D eigenvalue weighted by Crippen LogP contribution is -2.42. The van der Waals surface area contributed by atoms with E-state index in [0.29, 0.717) is 0 Å². The summed E-state index contributed by atoms with van der Waals surface area (Å²) in [6.07, 6.45) is 0.738. The van der Waals surface area contributed by atoms with Crippen molar-refractivity contribution in [2.24, 2.45) is 0 Å². The minimum atomic E-state index is -0.0319. The van der Waals surface area contributed by atoms with E-state index in [-0.39, 0.29) is 11.8 Å². The van der Waals surface area contributed by atoms with Crippen LogP contribution >= 0.6 is 0 Å². The Morgan fingerprint density at radius 2 is 1.78 bits per heavy atom. The highest BCUT2D eigenvalue weighted by molar-refractivity contribution is 5.82. The molecule has 0 aromatic heterocycles. The molecule has 98 valence electrons. The molecule has 4 heteroatoms. The number of Topliss-reactive ketones (excluding diaryl/α,β-unsaturated/α-hetero) is 1. The molecule has 0 radical (unpaired) electrons. The van der Waals surface area contributed by atoms with Gasteiger partial charge in [0.05, 0.1) is 20.3 Å². The van der Waals surface area contributed by atoms with E-state index in [4.69, 9.17) is 9.47 Å². The standard InChI is InChI=1S/C14H19NO3/c1-9(16)12-5-10-6-13(17-3)14(18-4)7-11(10)8-15(12)2/h6-7,12H,5,8H2,1-4H3. The zero-order valence-corrected chi connectivity index (χ0v) is 11.3. The Kier molecular flexibility index (Phi) is 3.57. The zero-order valence-electron chi connectivity index (χ0n) is 11.3. The second-order valence-electron chi connectivity index (χ2n) is 4.72. The molecule has 1 aliphatic rings. The van der Waals surface area contributed by atoms with Gasteiger partial charge in [0.15, 0.2) is 11.5 Å². The molecule has 0 fully saturated rings. The zero-order chi connectivity index (χ0) is 13.3. The number of ketones is 1. The first kappa shape index (κ1) is 12.9. The molecule has 1 aromatic rings. The fraction of sp³-hybridized carbons (Fsp3) is 0.500. The molecular formula is C14H19NO3. The van der Waals surface area contributed by atoms with Gasteiger partial charge in [-0.25, -0.2) is 0 Å². The summed E-state index contributed by atoms with van der Waals surface area (Å²) in [6, 6.07) is 3.95. The van der Waals surface area contributed by atoms with Gasteiger partial charge >= 0.3 is 0 Å². The van der Waals surface area contributed by atoms with Gasteiger partial charge in [-0.1, -0.05) is 0 Å². The number of carbonyl (C=O) groups is 1. The Bertz CT molecular complexity index is 470. The molecule has 1 aliphatic heterocycles. The van der Waals surface area contributed by atoms with Crippen molar-refractivity contribution in [3.63, 3.8) is 0 Å². The molecule has 1 unspecified atom stereocenters. The summed E-state index contributed by atoms with van der Waals surface area (Å²) in [5.41, 5.74) is 2.37. The maximum absolute atomic E-state index is 11.6. The predicted octanol–water partition coefficient (Wildman–Crippen LogP) is 1.65. The lowest BCUT2D eigenvalue weighted by molar-refractivity contribution is -0.122. The van der Waals surface area contributed by atoms with Crippen LogP contribution < -0.4 is 9.47 Å². The Balaban J connectivity index is 2.40. The van der Waals surface area contributed by atoms with E-state index in [9.17, 15) is 4.79 Å². The van der Waals surface area contributed by atoms with E-state index >= 15 is 0 Å². The Hall–Kier alpha value is -1.55. The number of hydrogen-bond donors (Lipinski definition) is 0. The van der Waals surface area contributed by atoms with Gasteiger partial charge in [0.2, 0.25) is 0 Å². The molecule has 1 heterocycles. The number of hydrogen-bond acceptors (Lipinski definition) is 4. The third-order valence-corrected chi connectivity index (χ3v) is 3.54. The van der Waals surface area contributed by atoms with Crippen molar-refractivity contribution in [3.8, 4) is 11.5 Å². The fourth-order valence-electron chi connectivity index (χ4n) is 2.50. The van der Waals surface area contributed by atoms with Gasteiger partial charge < -0.3 is 9.47 Å². The molecule has 1 atom stereocenters. The van der Waals surface area contributed by atoms with Crippen molar-refractivity contribution in [2.45, 2.75) is 25.9 Å². The summed E-state index contributed by atoms with van der Waals surface area (Å²) in [7, 11) is 5.24. The van der Waals surface area contributed by atoms with Crippen LogP contribution in [0, 0.1) is 0 Å². The molecule has 0 amide bonds. The highest BCUT2D eigenvalue weighted by Crippen LogP contribution is 2.34. The monoisotopic (exact) mass is 249 g/mol. The van der Waals surface area contributed by atoms with Crippen LogP contribution in [0.4, 0.5) is 0 Å². The van der Waals surface area contributed by atoms with Crippen molar-refractivity contribution < 1.29 is 14.3 Å². The van der Waals surface area contributed by atoms with Crippen LogP contribution in [-0.4, -0.2) is 38.0 Å². The smallest absolute Gasteiger partial charge is 0.161 e. The number of carbonyl (C=O) groups excluding carboxylic acids is 1. The highest BCUT2D eigenvalue weighted by Gasteiger charge is 2.27. The van der Waals surface area contributed by atoms with Crippen molar-refractivity contribution in [3.05, 3.63) is 23.3 Å². The number of likely N-dealkylation sites (N-methyl/N-ethyl adjacent to an activating group) is 1. The van der Waals surface area contributed by atoms with E-state index in [2.05, 4.69) is 4.90 Å². The maximum atomic E-state index is 11.6. The number of fused-ring (bicyclic) bond motifs is 1. The summed E-state index contributed by atoms with van der Waals surface area (Å²) in [5.74, 6) is 1.67. The molecule has 0 spiro atoms. The molecule has 4 nitrogen and oxygen atoms in total. The lowest BCUT2D eigenvalue weighted by Gasteiger charge is -2.32. The van der Waals surface area contributed by atoms with Gasteiger partial charge in [0.25, 0.3) is 0 Å². The van der Waals surface area contributed by atoms with Gasteiger partial charge in [-0.15, -0.1) is 0 Å². The Morgan fingerprint density at radius 1 is 1.22 bits per heavy atom. The van der Waals surface area contributed by atoms with Crippen molar-refractivity contribution in [2.75, 3.05) is 21.3 Å². The van der Waals surface area contributed by atoms with Crippen LogP contribution in [0.3, 0.4) is 0 Å². The van der Waals surface area contributed by atoms with Gasteiger partial charge in [0, 0.05) is 6.54 Å². The van der Waals surface area contributed by atoms with E-state index in [1.807, 2.05) is 19.2 Å². The first-order chi connectivity index (χ1) is 8.56. The minimum Gasteiger partial charge on any atom is -0.493 e. The highest BCUT2D eigenvalue weighted by atomic mass is 16.5. The third kappa shape index (κ3) is 2.20. The van der Waals surface area contributed by atoms with Crippen molar-refractivity contribution in [1.29, 1.82) is 0 Å². The second kappa shape index (κ2) is 4.98. The molecular weight excluding hydrogens is 230 g/mol. The van der Waals surface area contributed by atoms with Crippen molar-refractivity contribution in [1.82, 2.24) is 4.90 Å². The number of methoxy groups -OCH3 is 2. The van der Waals surface area contributed by atoms with Crippen LogP contribution in [-0.2, 0) is 17.8 Å². The predicted molar refractivity (Wildman–Crippen MR) is 69.2 cm³/mol. The van der Waals surface area contributed by atoms with Gasteiger partial charge in [-0.3, -0.25) is 9.69 Å². The van der Waals surface area contributed by atoms with Gasteiger partial charge in [-0.05, 0) is 43.7 Å². The number of ether oxygens (including phenoxy) is 2. The Labute approximate surface area is 107 Å². The van der Waals surface area contributed by atoms with Crippen LogP contribution in [0.2, 0.25) is 0 Å². The molecule has 0 bridgehead atoms. The quantitative estimate of drug-likeness (QED) is 0.816. The molecule has 1 aromatic carbocycles. The van der Waals surface area contributed by atoms with Crippen molar-refractivity contribution >= 4 is 5.78 Å². The third-order valence-electron chi connectivity index (χ3n) is 3.54. The summed E-state index contributed by atoms with van der Waals surface area (Å²) in [4.78, 5) is 13.7. The Morgan fingerprint density at radius 3 is 2.28 bits per heavy atom. The normalized spacial score (nSPS) is 19.2. The number of nitrogens with zero attached hydrogens (tertiary/aromatic N) is 1. The molecule has 0 aliphatic carbocycles. The summed E-state index contributed by atoms with van der Waals surface area (Å²) in [5, 5.41) is 0. The topological polar surface area (TPSA) is 38.8 Å². The summed E-state index contributed by atoms with van der Waals surface area (Å²) in [6.45, 7) is 2.41. The minimum absolute atomic E-state index is 0.0319. The van der Waals surface area contributed by atoms with Crippen LogP contribution in [0.15, 0.2) is 12.1 Å².